The molecule has 1 aliphatic rings. The predicted molar refractivity (Wildman–Crippen MR) is 68.3 cm³/mol. The van der Waals surface area contributed by atoms with Gasteiger partial charge in [-0.25, -0.2) is 0 Å². The third kappa shape index (κ3) is 2.56. The molecule has 2 atom stereocenters. The van der Waals surface area contributed by atoms with Gasteiger partial charge in [-0.1, -0.05) is 6.42 Å². The van der Waals surface area contributed by atoms with Crippen molar-refractivity contribution < 1.29 is 9.90 Å². The number of piperidine rings is 1. The second kappa shape index (κ2) is 5.52. The molecule has 1 aromatic heterocycles. The van der Waals surface area contributed by atoms with Gasteiger partial charge in [0.05, 0.1) is 6.20 Å². The van der Waals surface area contributed by atoms with Gasteiger partial charge in [0.25, 0.3) is 0 Å². The summed E-state index contributed by atoms with van der Waals surface area (Å²) < 4.78 is 1.88. The van der Waals surface area contributed by atoms with Crippen LogP contribution in [0.25, 0.3) is 0 Å². The van der Waals surface area contributed by atoms with Gasteiger partial charge < -0.3 is 5.11 Å². The molecule has 1 N–H and O–H groups in total. The first-order valence-corrected chi connectivity index (χ1v) is 6.64. The van der Waals surface area contributed by atoms with Gasteiger partial charge in [0.1, 0.15) is 6.04 Å². The molecule has 0 bridgehead atoms. The van der Waals surface area contributed by atoms with Crippen LogP contribution < -0.4 is 0 Å². The Morgan fingerprint density at radius 3 is 3.00 bits per heavy atom. The number of hydrogen-bond donors (Lipinski definition) is 1. The Labute approximate surface area is 107 Å². The topological polar surface area (TPSA) is 58.4 Å². The summed E-state index contributed by atoms with van der Waals surface area (Å²) in [7, 11) is 0. The maximum Gasteiger partial charge on any atom is 0.320 e. The maximum atomic E-state index is 11.3. The van der Waals surface area contributed by atoms with E-state index in [2.05, 4.69) is 16.9 Å². The van der Waals surface area contributed by atoms with Crippen molar-refractivity contribution in [3.63, 3.8) is 0 Å². The van der Waals surface area contributed by atoms with E-state index in [9.17, 15) is 9.90 Å². The fourth-order valence-corrected chi connectivity index (χ4v) is 2.64. The van der Waals surface area contributed by atoms with E-state index in [0.29, 0.717) is 0 Å². The standard InChI is InChI=1S/C13H21N3O2/c1-3-15-9-11(8-14-15)10(2)16-7-5-4-6-12(16)13(17)18/h8-10,12H,3-7H2,1-2H3,(H,17,18). The molecular weight excluding hydrogens is 230 g/mol. The SMILES string of the molecule is CCn1cc(C(C)N2CCCCC2C(=O)O)cn1. The summed E-state index contributed by atoms with van der Waals surface area (Å²) in [6.45, 7) is 5.81. The highest BCUT2D eigenvalue weighted by Crippen LogP contribution is 2.28. The van der Waals surface area contributed by atoms with Crippen molar-refractivity contribution in [2.24, 2.45) is 0 Å². The number of nitrogens with zero attached hydrogens (tertiary/aromatic N) is 3. The molecule has 2 rings (SSSR count). The largest absolute Gasteiger partial charge is 0.480 e. The molecule has 0 radical (unpaired) electrons. The minimum absolute atomic E-state index is 0.117. The number of carboxylic acids is 1. The van der Waals surface area contributed by atoms with E-state index < -0.39 is 5.97 Å². The van der Waals surface area contributed by atoms with Crippen LogP contribution in [0.2, 0.25) is 0 Å². The van der Waals surface area contributed by atoms with Gasteiger partial charge in [0.2, 0.25) is 0 Å². The molecule has 0 saturated carbocycles. The van der Waals surface area contributed by atoms with Crippen molar-refractivity contribution in [1.82, 2.24) is 14.7 Å². The van der Waals surface area contributed by atoms with Crippen LogP contribution in [-0.4, -0.2) is 38.3 Å². The third-order valence-corrected chi connectivity index (χ3v) is 3.79. The highest BCUT2D eigenvalue weighted by atomic mass is 16.4. The Kier molecular flexibility index (Phi) is 4.01. The van der Waals surface area contributed by atoms with E-state index in [1.807, 2.05) is 24.0 Å². The number of aliphatic carboxylic acids is 1. The highest BCUT2D eigenvalue weighted by Gasteiger charge is 2.32. The normalized spacial score (nSPS) is 22.9. The fourth-order valence-electron chi connectivity index (χ4n) is 2.64. The van der Waals surface area contributed by atoms with Crippen molar-refractivity contribution in [3.05, 3.63) is 18.0 Å². The molecule has 5 heteroatoms. The van der Waals surface area contributed by atoms with Crippen molar-refractivity contribution >= 4 is 5.97 Å². The van der Waals surface area contributed by atoms with E-state index in [-0.39, 0.29) is 12.1 Å². The first kappa shape index (κ1) is 13.1. The second-order valence-electron chi connectivity index (χ2n) is 4.89. The van der Waals surface area contributed by atoms with Crippen molar-refractivity contribution in [2.75, 3.05) is 6.54 Å². The lowest BCUT2D eigenvalue weighted by atomic mass is 9.98. The van der Waals surface area contributed by atoms with Crippen molar-refractivity contribution in [3.8, 4) is 0 Å². The van der Waals surface area contributed by atoms with E-state index in [0.717, 1.165) is 37.9 Å². The predicted octanol–water partition coefficient (Wildman–Crippen LogP) is 1.90. The van der Waals surface area contributed by atoms with Crippen molar-refractivity contribution in [1.29, 1.82) is 0 Å². The van der Waals surface area contributed by atoms with Crippen LogP contribution in [0.1, 0.15) is 44.7 Å². The van der Waals surface area contributed by atoms with E-state index in [1.165, 1.54) is 0 Å². The average molecular weight is 251 g/mol. The number of likely N-dealkylation sites (tertiary alicyclic amines) is 1. The monoisotopic (exact) mass is 251 g/mol. The molecule has 1 saturated heterocycles. The van der Waals surface area contributed by atoms with Gasteiger partial charge in [-0.15, -0.1) is 0 Å². The minimum Gasteiger partial charge on any atom is -0.480 e. The van der Waals surface area contributed by atoms with Gasteiger partial charge in [-0.05, 0) is 33.2 Å². The molecule has 2 heterocycles. The van der Waals surface area contributed by atoms with Crippen molar-refractivity contribution in [2.45, 2.75) is 51.7 Å². The van der Waals surface area contributed by atoms with Gasteiger partial charge in [0.15, 0.2) is 0 Å². The minimum atomic E-state index is -0.704. The maximum absolute atomic E-state index is 11.3. The number of carboxylic acid groups (broad SMARTS) is 1. The van der Waals surface area contributed by atoms with Crippen LogP contribution in [0.15, 0.2) is 12.4 Å². The summed E-state index contributed by atoms with van der Waals surface area (Å²) in [4.78, 5) is 13.4. The van der Waals surface area contributed by atoms with Crippen LogP contribution >= 0.6 is 0 Å². The highest BCUT2D eigenvalue weighted by molar-refractivity contribution is 5.73. The van der Waals surface area contributed by atoms with E-state index in [4.69, 9.17) is 0 Å². The second-order valence-corrected chi connectivity index (χ2v) is 4.89. The van der Waals surface area contributed by atoms with Gasteiger partial charge in [0, 0.05) is 24.3 Å². The van der Waals surface area contributed by atoms with Gasteiger partial charge >= 0.3 is 5.97 Å². The fraction of sp³-hybridized carbons (Fsp3) is 0.692. The zero-order valence-electron chi connectivity index (χ0n) is 11.0. The summed E-state index contributed by atoms with van der Waals surface area (Å²) in [6, 6.07) is -0.231. The Morgan fingerprint density at radius 1 is 1.61 bits per heavy atom. The molecule has 100 valence electrons. The zero-order chi connectivity index (χ0) is 13.1. The molecule has 1 aromatic rings. The quantitative estimate of drug-likeness (QED) is 0.888. The number of carbonyl (C=O) groups is 1. The lowest BCUT2D eigenvalue weighted by molar-refractivity contribution is -0.145. The van der Waals surface area contributed by atoms with Crippen LogP contribution in [0, 0.1) is 0 Å². The van der Waals surface area contributed by atoms with Crippen LogP contribution in [0.5, 0.6) is 0 Å². The number of aromatic nitrogens is 2. The van der Waals surface area contributed by atoms with E-state index in [1.54, 1.807) is 0 Å². The molecule has 2 unspecified atom stereocenters. The molecule has 5 nitrogen and oxygen atoms in total. The van der Waals surface area contributed by atoms with Gasteiger partial charge in [-0.2, -0.15) is 5.10 Å². The number of aryl methyl sites for hydroxylation is 1. The first-order valence-electron chi connectivity index (χ1n) is 6.64. The number of rotatable bonds is 4. The average Bonchev–Trinajstić information content (AvgIpc) is 2.86. The summed E-state index contributed by atoms with van der Waals surface area (Å²) in [6.07, 6.45) is 6.70. The Morgan fingerprint density at radius 2 is 2.39 bits per heavy atom. The van der Waals surface area contributed by atoms with E-state index >= 15 is 0 Å². The van der Waals surface area contributed by atoms with Crippen LogP contribution in [0.4, 0.5) is 0 Å². The molecule has 18 heavy (non-hydrogen) atoms. The lowest BCUT2D eigenvalue weighted by Crippen LogP contribution is -2.45. The molecule has 1 fully saturated rings. The smallest absolute Gasteiger partial charge is 0.320 e. The molecule has 1 aliphatic heterocycles. The Bertz CT molecular complexity index is 416. The zero-order valence-corrected chi connectivity index (χ0v) is 11.0. The molecule has 0 aliphatic carbocycles. The summed E-state index contributed by atoms with van der Waals surface area (Å²) >= 11 is 0. The molecular formula is C13H21N3O2. The van der Waals surface area contributed by atoms with Gasteiger partial charge in [-0.3, -0.25) is 14.4 Å². The third-order valence-electron chi connectivity index (χ3n) is 3.79. The van der Waals surface area contributed by atoms with Crippen LogP contribution in [-0.2, 0) is 11.3 Å². The molecule has 0 spiro atoms. The summed E-state index contributed by atoms with van der Waals surface area (Å²) in [5.74, 6) is -0.704. The summed E-state index contributed by atoms with van der Waals surface area (Å²) in [5.41, 5.74) is 1.10. The van der Waals surface area contributed by atoms with Crippen LogP contribution in [0.3, 0.4) is 0 Å². The Balaban J connectivity index is 2.14. The molecule has 0 aromatic carbocycles. The summed E-state index contributed by atoms with van der Waals surface area (Å²) in [5, 5.41) is 13.6. The number of hydrogen-bond acceptors (Lipinski definition) is 3. The molecule has 0 amide bonds. The first-order chi connectivity index (χ1) is 8.63. The Hall–Kier alpha value is -1.36. The lowest BCUT2D eigenvalue weighted by Gasteiger charge is -2.37.